The lowest BCUT2D eigenvalue weighted by Crippen LogP contribution is -2.40. The lowest BCUT2D eigenvalue weighted by Gasteiger charge is -2.28. The van der Waals surface area contributed by atoms with E-state index in [9.17, 15) is 4.79 Å². The highest BCUT2D eigenvalue weighted by Crippen LogP contribution is 2.23. The quantitative estimate of drug-likeness (QED) is 0.676. The second kappa shape index (κ2) is 6.23. The van der Waals surface area contributed by atoms with Crippen LogP contribution in [-0.2, 0) is 4.79 Å². The van der Waals surface area contributed by atoms with Gasteiger partial charge in [0, 0.05) is 24.8 Å². The molecule has 2 rings (SSSR count). The van der Waals surface area contributed by atoms with Crippen LogP contribution in [0.3, 0.4) is 0 Å². The number of rotatable bonds is 3. The molecule has 0 spiro atoms. The largest absolute Gasteiger partial charge is 0.384 e. The fraction of sp³-hybridized carbons (Fsp3) is 0.615. The standard InChI is InChI=1S/C13H20N4OS/c1-9-8-11(14)16-13(15-9)19-10(2)12(18)17-6-4-3-5-7-17/h8,10H,3-7H2,1-2H3,(H2,14,15,16). The first-order valence-corrected chi connectivity index (χ1v) is 7.51. The van der Waals surface area contributed by atoms with Gasteiger partial charge in [-0.05, 0) is 33.1 Å². The molecule has 0 radical (unpaired) electrons. The van der Waals surface area contributed by atoms with Crippen LogP contribution in [0.5, 0.6) is 0 Å². The molecule has 104 valence electrons. The summed E-state index contributed by atoms with van der Waals surface area (Å²) in [4.78, 5) is 22.7. The fourth-order valence-corrected chi connectivity index (χ4v) is 3.12. The van der Waals surface area contributed by atoms with Gasteiger partial charge in [0.2, 0.25) is 5.91 Å². The van der Waals surface area contributed by atoms with E-state index in [1.54, 1.807) is 6.07 Å². The Morgan fingerprint density at radius 2 is 2.05 bits per heavy atom. The number of amides is 1. The van der Waals surface area contributed by atoms with Crippen LogP contribution in [0.4, 0.5) is 5.82 Å². The van der Waals surface area contributed by atoms with Crippen LogP contribution in [-0.4, -0.2) is 39.1 Å². The number of hydrogen-bond acceptors (Lipinski definition) is 5. The second-order valence-corrected chi connectivity index (χ2v) is 6.17. The number of aryl methyl sites for hydroxylation is 1. The molecule has 5 nitrogen and oxygen atoms in total. The van der Waals surface area contributed by atoms with Gasteiger partial charge in [-0.2, -0.15) is 0 Å². The Labute approximate surface area is 118 Å². The van der Waals surface area contributed by atoms with E-state index < -0.39 is 0 Å². The number of carbonyl (C=O) groups excluding carboxylic acids is 1. The van der Waals surface area contributed by atoms with Gasteiger partial charge in [0.15, 0.2) is 5.16 Å². The zero-order valence-electron chi connectivity index (χ0n) is 11.4. The van der Waals surface area contributed by atoms with Crippen molar-refractivity contribution in [3.63, 3.8) is 0 Å². The van der Waals surface area contributed by atoms with E-state index in [-0.39, 0.29) is 11.2 Å². The van der Waals surface area contributed by atoms with Crippen LogP contribution in [0.25, 0.3) is 0 Å². The lowest BCUT2D eigenvalue weighted by atomic mass is 10.1. The summed E-state index contributed by atoms with van der Waals surface area (Å²) in [6.45, 7) is 5.53. The normalized spacial score (nSPS) is 17.3. The van der Waals surface area contributed by atoms with Crippen molar-refractivity contribution in [2.75, 3.05) is 18.8 Å². The Morgan fingerprint density at radius 1 is 1.37 bits per heavy atom. The predicted octanol–water partition coefficient (Wildman–Crippen LogP) is 1.86. The molecule has 1 aliphatic heterocycles. The minimum Gasteiger partial charge on any atom is -0.384 e. The van der Waals surface area contributed by atoms with Crippen molar-refractivity contribution in [1.82, 2.24) is 14.9 Å². The number of carbonyl (C=O) groups is 1. The van der Waals surface area contributed by atoms with Gasteiger partial charge in [-0.3, -0.25) is 4.79 Å². The molecule has 2 N–H and O–H groups in total. The Kier molecular flexibility index (Phi) is 4.63. The maximum atomic E-state index is 12.3. The third-order valence-corrected chi connectivity index (χ3v) is 4.10. The van der Waals surface area contributed by atoms with Crippen LogP contribution in [0.15, 0.2) is 11.2 Å². The Hall–Kier alpha value is -1.30. The third-order valence-electron chi connectivity index (χ3n) is 3.15. The lowest BCUT2D eigenvalue weighted by molar-refractivity contribution is -0.131. The van der Waals surface area contributed by atoms with Gasteiger partial charge in [-0.15, -0.1) is 0 Å². The molecule has 0 bridgehead atoms. The summed E-state index contributed by atoms with van der Waals surface area (Å²) in [5.74, 6) is 0.626. The van der Waals surface area contributed by atoms with Crippen molar-refractivity contribution in [2.45, 2.75) is 43.5 Å². The van der Waals surface area contributed by atoms with Gasteiger partial charge in [-0.1, -0.05) is 11.8 Å². The summed E-state index contributed by atoms with van der Waals surface area (Å²) in [6, 6.07) is 1.72. The predicted molar refractivity (Wildman–Crippen MR) is 76.9 cm³/mol. The van der Waals surface area contributed by atoms with E-state index >= 15 is 0 Å². The summed E-state index contributed by atoms with van der Waals surface area (Å²) in [5.41, 5.74) is 6.52. The number of nitrogens with zero attached hydrogens (tertiary/aromatic N) is 3. The van der Waals surface area contributed by atoms with E-state index in [0.717, 1.165) is 31.6 Å². The number of thioether (sulfide) groups is 1. The highest BCUT2D eigenvalue weighted by Gasteiger charge is 2.23. The average molecular weight is 280 g/mol. The second-order valence-electron chi connectivity index (χ2n) is 4.86. The van der Waals surface area contributed by atoms with Crippen molar-refractivity contribution in [2.24, 2.45) is 0 Å². The molecule has 0 saturated carbocycles. The highest BCUT2D eigenvalue weighted by atomic mass is 32.2. The van der Waals surface area contributed by atoms with Crippen molar-refractivity contribution in [3.8, 4) is 0 Å². The van der Waals surface area contributed by atoms with Crippen LogP contribution in [0, 0.1) is 6.92 Å². The van der Waals surface area contributed by atoms with Crippen LogP contribution < -0.4 is 5.73 Å². The average Bonchev–Trinajstić information content (AvgIpc) is 2.37. The third kappa shape index (κ3) is 3.83. The van der Waals surface area contributed by atoms with Gasteiger partial charge in [0.1, 0.15) is 5.82 Å². The van der Waals surface area contributed by atoms with Gasteiger partial charge < -0.3 is 10.6 Å². The number of likely N-dealkylation sites (tertiary alicyclic amines) is 1. The maximum absolute atomic E-state index is 12.3. The molecular weight excluding hydrogens is 260 g/mol. The molecule has 1 aliphatic rings. The van der Waals surface area contributed by atoms with Gasteiger partial charge in [0.05, 0.1) is 5.25 Å². The molecule has 0 aromatic carbocycles. The molecule has 1 aromatic rings. The first kappa shape index (κ1) is 14.1. The number of hydrogen-bond donors (Lipinski definition) is 1. The Bertz CT molecular complexity index is 440. The molecule has 2 heterocycles. The van der Waals surface area contributed by atoms with Crippen molar-refractivity contribution >= 4 is 23.5 Å². The highest BCUT2D eigenvalue weighted by molar-refractivity contribution is 8.00. The number of anilines is 1. The topological polar surface area (TPSA) is 72.1 Å². The minimum atomic E-state index is -0.167. The van der Waals surface area contributed by atoms with E-state index in [0.29, 0.717) is 11.0 Å². The van der Waals surface area contributed by atoms with E-state index in [2.05, 4.69) is 9.97 Å². The molecule has 6 heteroatoms. The number of nitrogens with two attached hydrogens (primary N) is 1. The molecule has 1 fully saturated rings. The fourth-order valence-electron chi connectivity index (χ4n) is 2.20. The molecule has 1 unspecified atom stereocenters. The molecule has 0 aliphatic carbocycles. The van der Waals surface area contributed by atoms with E-state index in [1.165, 1.54) is 18.2 Å². The van der Waals surface area contributed by atoms with Crippen molar-refractivity contribution in [3.05, 3.63) is 11.8 Å². The molecule has 1 amide bonds. The van der Waals surface area contributed by atoms with Gasteiger partial charge in [-0.25, -0.2) is 9.97 Å². The number of nitrogen functional groups attached to an aromatic ring is 1. The smallest absolute Gasteiger partial charge is 0.235 e. The number of piperidine rings is 1. The summed E-state index contributed by atoms with van der Waals surface area (Å²) in [7, 11) is 0. The van der Waals surface area contributed by atoms with E-state index in [4.69, 9.17) is 5.73 Å². The minimum absolute atomic E-state index is 0.167. The van der Waals surface area contributed by atoms with Crippen LogP contribution in [0.1, 0.15) is 31.9 Å². The SMILES string of the molecule is Cc1cc(N)nc(SC(C)C(=O)N2CCCCC2)n1. The van der Waals surface area contributed by atoms with Crippen LogP contribution >= 0.6 is 11.8 Å². The maximum Gasteiger partial charge on any atom is 0.235 e. The van der Waals surface area contributed by atoms with E-state index in [1.807, 2.05) is 18.7 Å². The molecule has 19 heavy (non-hydrogen) atoms. The summed E-state index contributed by atoms with van der Waals surface area (Å²) in [6.07, 6.45) is 3.44. The molecular formula is C13H20N4OS. The Balaban J connectivity index is 1.99. The monoisotopic (exact) mass is 280 g/mol. The molecule has 1 aromatic heterocycles. The zero-order valence-corrected chi connectivity index (χ0v) is 12.2. The molecule has 1 atom stereocenters. The zero-order chi connectivity index (χ0) is 13.8. The molecule has 1 saturated heterocycles. The summed E-state index contributed by atoms with van der Waals surface area (Å²) < 4.78 is 0. The van der Waals surface area contributed by atoms with Crippen molar-refractivity contribution in [1.29, 1.82) is 0 Å². The summed E-state index contributed by atoms with van der Waals surface area (Å²) >= 11 is 1.38. The van der Waals surface area contributed by atoms with Crippen LogP contribution in [0.2, 0.25) is 0 Å². The van der Waals surface area contributed by atoms with Gasteiger partial charge >= 0.3 is 0 Å². The van der Waals surface area contributed by atoms with Crippen molar-refractivity contribution < 1.29 is 4.79 Å². The number of aromatic nitrogens is 2. The first-order chi connectivity index (χ1) is 9.06. The summed E-state index contributed by atoms with van der Waals surface area (Å²) in [5, 5.41) is 0.412. The van der Waals surface area contributed by atoms with Gasteiger partial charge in [0.25, 0.3) is 0 Å². The Morgan fingerprint density at radius 3 is 2.68 bits per heavy atom. The first-order valence-electron chi connectivity index (χ1n) is 6.63.